The topological polar surface area (TPSA) is 30.5 Å². The molecule has 1 heterocycles. The molecular formula is C19H22ClNO2. The quantitative estimate of drug-likeness (QED) is 0.825. The molecule has 1 saturated heterocycles. The first kappa shape index (κ1) is 16.3. The van der Waals surface area contributed by atoms with Crippen LogP contribution in [0.25, 0.3) is 0 Å². The van der Waals surface area contributed by atoms with Gasteiger partial charge >= 0.3 is 0 Å². The fraction of sp³-hybridized carbons (Fsp3) is 0.368. The van der Waals surface area contributed by atoms with Gasteiger partial charge in [0, 0.05) is 24.7 Å². The van der Waals surface area contributed by atoms with Gasteiger partial charge in [-0.1, -0.05) is 35.9 Å². The fourth-order valence-corrected chi connectivity index (χ4v) is 2.76. The molecule has 4 heteroatoms. The van der Waals surface area contributed by atoms with Crippen LogP contribution in [0.2, 0.25) is 5.02 Å². The zero-order valence-corrected chi connectivity index (χ0v) is 13.9. The molecule has 122 valence electrons. The van der Waals surface area contributed by atoms with Crippen molar-refractivity contribution < 1.29 is 9.47 Å². The summed E-state index contributed by atoms with van der Waals surface area (Å²) in [6.07, 6.45) is 2.74. The third-order valence-corrected chi connectivity index (χ3v) is 4.22. The average Bonchev–Trinajstić information content (AvgIpc) is 3.09. The van der Waals surface area contributed by atoms with E-state index in [1.807, 2.05) is 36.4 Å². The molecule has 1 atom stereocenters. The number of hydrogen-bond donors (Lipinski definition) is 1. The number of rotatable bonds is 7. The van der Waals surface area contributed by atoms with E-state index in [1.165, 1.54) is 18.4 Å². The van der Waals surface area contributed by atoms with Gasteiger partial charge in [0.2, 0.25) is 0 Å². The first-order valence-electron chi connectivity index (χ1n) is 8.08. The van der Waals surface area contributed by atoms with Crippen molar-refractivity contribution in [3.63, 3.8) is 0 Å². The Hall–Kier alpha value is -1.55. The summed E-state index contributed by atoms with van der Waals surface area (Å²) in [6, 6.07) is 15.9. The van der Waals surface area contributed by atoms with Gasteiger partial charge in [-0.15, -0.1) is 0 Å². The lowest BCUT2D eigenvalue weighted by Gasteiger charge is -2.11. The summed E-state index contributed by atoms with van der Waals surface area (Å²) in [5, 5.41) is 4.19. The summed E-state index contributed by atoms with van der Waals surface area (Å²) in [4.78, 5) is 0. The minimum absolute atomic E-state index is 0.386. The summed E-state index contributed by atoms with van der Waals surface area (Å²) >= 11 is 5.87. The minimum atomic E-state index is 0.386. The van der Waals surface area contributed by atoms with Crippen LogP contribution in [0.5, 0.6) is 5.75 Å². The van der Waals surface area contributed by atoms with E-state index in [1.54, 1.807) is 0 Å². The highest BCUT2D eigenvalue weighted by molar-refractivity contribution is 6.30. The summed E-state index contributed by atoms with van der Waals surface area (Å²) in [5.74, 6) is 0.878. The Balaban J connectivity index is 1.42. The molecule has 1 fully saturated rings. The molecule has 3 rings (SSSR count). The molecule has 0 spiro atoms. The number of hydrogen-bond acceptors (Lipinski definition) is 3. The molecule has 1 N–H and O–H groups in total. The van der Waals surface area contributed by atoms with Crippen LogP contribution < -0.4 is 10.1 Å². The van der Waals surface area contributed by atoms with E-state index in [9.17, 15) is 0 Å². The highest BCUT2D eigenvalue weighted by Crippen LogP contribution is 2.16. The normalized spacial score (nSPS) is 17.3. The molecular weight excluding hydrogens is 310 g/mol. The second-order valence-electron chi connectivity index (χ2n) is 5.83. The van der Waals surface area contributed by atoms with Crippen LogP contribution in [0.3, 0.4) is 0 Å². The summed E-state index contributed by atoms with van der Waals surface area (Å²) < 4.78 is 11.4. The first-order valence-corrected chi connectivity index (χ1v) is 8.46. The van der Waals surface area contributed by atoms with Gasteiger partial charge in [0.25, 0.3) is 0 Å². The largest absolute Gasteiger partial charge is 0.489 e. The van der Waals surface area contributed by atoms with Crippen molar-refractivity contribution >= 4 is 11.6 Å². The van der Waals surface area contributed by atoms with Gasteiger partial charge in [-0.05, 0) is 48.2 Å². The number of nitrogens with one attached hydrogen (secondary N) is 1. The van der Waals surface area contributed by atoms with Crippen LogP contribution in [0.4, 0.5) is 0 Å². The van der Waals surface area contributed by atoms with Crippen molar-refractivity contribution in [1.29, 1.82) is 0 Å². The Kier molecular flexibility index (Phi) is 5.92. The number of benzene rings is 2. The third kappa shape index (κ3) is 5.24. The van der Waals surface area contributed by atoms with E-state index in [0.717, 1.165) is 36.0 Å². The summed E-state index contributed by atoms with van der Waals surface area (Å²) in [7, 11) is 0. The van der Waals surface area contributed by atoms with Crippen LogP contribution in [-0.2, 0) is 17.9 Å². The predicted molar refractivity (Wildman–Crippen MR) is 92.9 cm³/mol. The Morgan fingerprint density at radius 3 is 2.48 bits per heavy atom. The second kappa shape index (κ2) is 8.34. The van der Waals surface area contributed by atoms with Crippen molar-refractivity contribution in [3.05, 3.63) is 64.7 Å². The van der Waals surface area contributed by atoms with Crippen LogP contribution in [0.15, 0.2) is 48.5 Å². The Labute approximate surface area is 142 Å². The van der Waals surface area contributed by atoms with Gasteiger partial charge < -0.3 is 14.8 Å². The molecule has 2 aromatic rings. The van der Waals surface area contributed by atoms with E-state index in [2.05, 4.69) is 17.4 Å². The zero-order chi connectivity index (χ0) is 15.9. The molecule has 0 radical (unpaired) electrons. The lowest BCUT2D eigenvalue weighted by atomic mass is 10.2. The second-order valence-corrected chi connectivity index (χ2v) is 6.26. The Morgan fingerprint density at radius 1 is 1.04 bits per heavy atom. The molecule has 0 aliphatic carbocycles. The van der Waals surface area contributed by atoms with Gasteiger partial charge in [-0.2, -0.15) is 0 Å². The van der Waals surface area contributed by atoms with Crippen molar-refractivity contribution in [2.24, 2.45) is 0 Å². The summed E-state index contributed by atoms with van der Waals surface area (Å²) in [5.41, 5.74) is 2.36. The summed E-state index contributed by atoms with van der Waals surface area (Å²) in [6.45, 7) is 3.24. The van der Waals surface area contributed by atoms with Gasteiger partial charge in [-0.3, -0.25) is 0 Å². The fourth-order valence-electron chi connectivity index (χ4n) is 2.63. The van der Waals surface area contributed by atoms with Crippen molar-refractivity contribution in [2.75, 3.05) is 13.2 Å². The highest BCUT2D eigenvalue weighted by atomic mass is 35.5. The average molecular weight is 332 g/mol. The van der Waals surface area contributed by atoms with Gasteiger partial charge in [0.15, 0.2) is 0 Å². The molecule has 3 nitrogen and oxygen atoms in total. The van der Waals surface area contributed by atoms with E-state index in [4.69, 9.17) is 21.1 Å². The van der Waals surface area contributed by atoms with E-state index in [0.29, 0.717) is 12.7 Å². The molecule has 1 aliphatic rings. The lowest BCUT2D eigenvalue weighted by molar-refractivity contribution is 0.110. The van der Waals surface area contributed by atoms with Crippen molar-refractivity contribution in [2.45, 2.75) is 32.1 Å². The highest BCUT2D eigenvalue weighted by Gasteiger charge is 2.14. The van der Waals surface area contributed by atoms with Crippen LogP contribution in [-0.4, -0.2) is 19.3 Å². The van der Waals surface area contributed by atoms with Gasteiger partial charge in [0.05, 0.1) is 6.10 Å². The van der Waals surface area contributed by atoms with Crippen molar-refractivity contribution in [3.8, 4) is 5.75 Å². The van der Waals surface area contributed by atoms with E-state index >= 15 is 0 Å². The lowest BCUT2D eigenvalue weighted by Crippen LogP contribution is -2.25. The SMILES string of the molecule is Clc1ccc(COc2ccc(CNC[C@@H]3CCCO3)cc2)cc1. The Bertz CT molecular complexity index is 592. The maximum atomic E-state index is 5.87. The third-order valence-electron chi connectivity index (χ3n) is 3.97. The first-order chi connectivity index (χ1) is 11.3. The van der Waals surface area contributed by atoms with E-state index < -0.39 is 0 Å². The standard InChI is InChI=1S/C19H22ClNO2/c20-17-7-3-16(4-8-17)14-23-18-9-5-15(6-10-18)12-21-13-19-2-1-11-22-19/h3-10,19,21H,1-2,11-14H2/t19-/m0/s1. The molecule has 1 aliphatic heterocycles. The van der Waals surface area contributed by atoms with E-state index in [-0.39, 0.29) is 0 Å². The Morgan fingerprint density at radius 2 is 1.78 bits per heavy atom. The predicted octanol–water partition coefficient (Wildman–Crippen LogP) is 4.19. The maximum Gasteiger partial charge on any atom is 0.119 e. The maximum absolute atomic E-state index is 5.87. The van der Waals surface area contributed by atoms with Crippen LogP contribution >= 0.6 is 11.6 Å². The van der Waals surface area contributed by atoms with Gasteiger partial charge in [0.1, 0.15) is 12.4 Å². The molecule has 2 aromatic carbocycles. The monoisotopic (exact) mass is 331 g/mol. The molecule has 0 aromatic heterocycles. The van der Waals surface area contributed by atoms with Crippen LogP contribution in [0.1, 0.15) is 24.0 Å². The smallest absolute Gasteiger partial charge is 0.119 e. The number of ether oxygens (including phenoxy) is 2. The zero-order valence-electron chi connectivity index (χ0n) is 13.1. The number of halogens is 1. The van der Waals surface area contributed by atoms with Crippen molar-refractivity contribution in [1.82, 2.24) is 5.32 Å². The van der Waals surface area contributed by atoms with Gasteiger partial charge in [-0.25, -0.2) is 0 Å². The molecule has 0 bridgehead atoms. The molecule has 23 heavy (non-hydrogen) atoms. The molecule has 0 unspecified atom stereocenters. The molecule has 0 saturated carbocycles. The molecule has 0 amide bonds. The van der Waals surface area contributed by atoms with Crippen LogP contribution in [0, 0.1) is 0 Å². The minimum Gasteiger partial charge on any atom is -0.489 e.